The molecule has 5 N–H and O–H groups in total. The molecule has 0 heterocycles. The molecule has 0 saturated heterocycles. The highest BCUT2D eigenvalue weighted by molar-refractivity contribution is 5.84. The van der Waals surface area contributed by atoms with Gasteiger partial charge < -0.3 is 26.4 Å². The summed E-state index contributed by atoms with van der Waals surface area (Å²) in [7, 11) is 1.59. The molecule has 0 aromatic heterocycles. The van der Waals surface area contributed by atoms with Crippen LogP contribution < -0.4 is 16.8 Å². The fourth-order valence-electron chi connectivity index (χ4n) is 4.36. The SMILES string of the molecule is C=C(F)/C=C(/CC(N)CC(=O)NCCCN(C)C(=O)C(OC(=O)CCCCCCC)C(N)Cc1ccccc1)C(=C)F. The molecule has 1 aromatic carbocycles. The summed E-state index contributed by atoms with van der Waals surface area (Å²) < 4.78 is 32.2. The van der Waals surface area contributed by atoms with Crippen LogP contribution in [0.3, 0.4) is 0 Å². The number of allylic oxidation sites excluding steroid dienone is 3. The van der Waals surface area contributed by atoms with Gasteiger partial charge in [0.2, 0.25) is 5.91 Å². The van der Waals surface area contributed by atoms with E-state index < -0.39 is 41.7 Å². The van der Waals surface area contributed by atoms with Crippen molar-refractivity contribution in [1.29, 1.82) is 0 Å². The van der Waals surface area contributed by atoms with E-state index in [4.69, 9.17) is 16.2 Å². The Kier molecular flexibility index (Phi) is 17.9. The van der Waals surface area contributed by atoms with Crippen LogP contribution in [0.15, 0.2) is 66.8 Å². The Balaban J connectivity index is 2.64. The van der Waals surface area contributed by atoms with Crippen molar-refractivity contribution in [3.05, 3.63) is 72.4 Å². The first-order chi connectivity index (χ1) is 19.9. The van der Waals surface area contributed by atoms with Crippen molar-refractivity contribution in [2.24, 2.45) is 11.5 Å². The molecule has 0 aliphatic heterocycles. The number of nitrogens with one attached hydrogen (secondary N) is 1. The first kappa shape index (κ1) is 36.7. The summed E-state index contributed by atoms with van der Waals surface area (Å²) in [5.74, 6) is -2.90. The van der Waals surface area contributed by atoms with E-state index in [0.717, 1.165) is 37.3 Å². The molecule has 234 valence electrons. The smallest absolute Gasteiger partial charge is 0.306 e. The molecule has 8 nitrogen and oxygen atoms in total. The highest BCUT2D eigenvalue weighted by Gasteiger charge is 2.32. The molecule has 0 spiro atoms. The van der Waals surface area contributed by atoms with Crippen molar-refractivity contribution in [2.75, 3.05) is 20.1 Å². The summed E-state index contributed by atoms with van der Waals surface area (Å²) in [5.41, 5.74) is 13.2. The Morgan fingerprint density at radius 2 is 1.69 bits per heavy atom. The number of benzene rings is 1. The number of hydrogen-bond acceptors (Lipinski definition) is 6. The number of ether oxygens (including phenoxy) is 1. The summed E-state index contributed by atoms with van der Waals surface area (Å²) in [6.07, 6.45) is 5.45. The molecule has 0 fully saturated rings. The minimum Gasteiger partial charge on any atom is -0.451 e. The van der Waals surface area contributed by atoms with Crippen molar-refractivity contribution in [3.8, 4) is 0 Å². The maximum atomic E-state index is 13.5. The zero-order chi connectivity index (χ0) is 31.5. The fourth-order valence-corrected chi connectivity index (χ4v) is 4.36. The maximum Gasteiger partial charge on any atom is 0.306 e. The largest absolute Gasteiger partial charge is 0.451 e. The molecule has 0 saturated carbocycles. The van der Waals surface area contributed by atoms with Gasteiger partial charge in [-0.2, -0.15) is 0 Å². The summed E-state index contributed by atoms with van der Waals surface area (Å²) >= 11 is 0. The van der Waals surface area contributed by atoms with E-state index in [9.17, 15) is 23.2 Å². The lowest BCUT2D eigenvalue weighted by molar-refractivity contribution is -0.161. The van der Waals surface area contributed by atoms with E-state index in [2.05, 4.69) is 25.4 Å². The second kappa shape index (κ2) is 20.5. The zero-order valence-electron chi connectivity index (χ0n) is 25.1. The summed E-state index contributed by atoms with van der Waals surface area (Å²) in [4.78, 5) is 39.6. The molecule has 2 amide bonds. The number of rotatable bonds is 21. The molecular weight excluding hydrogens is 542 g/mol. The third-order valence-electron chi connectivity index (χ3n) is 6.67. The molecule has 3 atom stereocenters. The number of carbonyl (C=O) groups excluding carboxylic acids is 3. The first-order valence-corrected chi connectivity index (χ1v) is 14.6. The van der Waals surface area contributed by atoms with Crippen LogP contribution >= 0.6 is 0 Å². The van der Waals surface area contributed by atoms with Gasteiger partial charge in [0.15, 0.2) is 6.10 Å². The minimum atomic E-state index is -1.14. The van der Waals surface area contributed by atoms with Gasteiger partial charge in [-0.15, -0.1) is 0 Å². The predicted octanol–water partition coefficient (Wildman–Crippen LogP) is 4.79. The monoisotopic (exact) mass is 590 g/mol. The van der Waals surface area contributed by atoms with E-state index in [1.807, 2.05) is 30.3 Å². The zero-order valence-corrected chi connectivity index (χ0v) is 25.1. The highest BCUT2D eigenvalue weighted by Crippen LogP contribution is 2.19. The Bertz CT molecular complexity index is 1050. The molecule has 42 heavy (non-hydrogen) atoms. The topological polar surface area (TPSA) is 128 Å². The van der Waals surface area contributed by atoms with Crippen molar-refractivity contribution >= 4 is 17.8 Å². The van der Waals surface area contributed by atoms with Gasteiger partial charge in [-0.1, -0.05) is 76.1 Å². The molecule has 0 aliphatic carbocycles. The number of nitrogens with two attached hydrogens (primary N) is 2. The second-order valence-corrected chi connectivity index (χ2v) is 10.6. The summed E-state index contributed by atoms with van der Waals surface area (Å²) in [6.45, 7) is 8.86. The van der Waals surface area contributed by atoms with Crippen molar-refractivity contribution < 1.29 is 27.9 Å². The molecule has 0 radical (unpaired) electrons. The maximum absolute atomic E-state index is 13.5. The van der Waals surface area contributed by atoms with Gasteiger partial charge in [-0.25, -0.2) is 8.78 Å². The lowest BCUT2D eigenvalue weighted by Gasteiger charge is -2.28. The Morgan fingerprint density at radius 3 is 2.31 bits per heavy atom. The lowest BCUT2D eigenvalue weighted by Crippen LogP contribution is -2.50. The third-order valence-corrected chi connectivity index (χ3v) is 6.67. The fraction of sp³-hybridized carbons (Fsp3) is 0.531. The third kappa shape index (κ3) is 15.6. The minimum absolute atomic E-state index is 0.0554. The van der Waals surface area contributed by atoms with Gasteiger partial charge in [0.05, 0.1) is 6.04 Å². The van der Waals surface area contributed by atoms with Gasteiger partial charge in [0.25, 0.3) is 5.91 Å². The van der Waals surface area contributed by atoms with Gasteiger partial charge in [0, 0.05) is 39.0 Å². The van der Waals surface area contributed by atoms with Gasteiger partial charge in [-0.3, -0.25) is 14.4 Å². The van der Waals surface area contributed by atoms with Crippen LogP contribution in [0.4, 0.5) is 8.78 Å². The molecular formula is C32H48F2N4O4. The molecule has 0 bridgehead atoms. The number of esters is 1. The quantitative estimate of drug-likeness (QED) is 0.107. The average Bonchev–Trinajstić information content (AvgIpc) is 2.93. The normalized spacial score (nSPS) is 13.5. The van der Waals surface area contributed by atoms with Crippen LogP contribution in [0.5, 0.6) is 0 Å². The molecule has 1 rings (SSSR count). The highest BCUT2D eigenvalue weighted by atomic mass is 19.1. The number of unbranched alkanes of at least 4 members (excludes halogenated alkanes) is 4. The van der Waals surface area contributed by atoms with E-state index >= 15 is 0 Å². The van der Waals surface area contributed by atoms with Gasteiger partial charge in [0.1, 0.15) is 11.7 Å². The predicted molar refractivity (Wildman–Crippen MR) is 162 cm³/mol. The average molecular weight is 591 g/mol. The van der Waals surface area contributed by atoms with Crippen LogP contribution in [0.2, 0.25) is 0 Å². The number of amides is 2. The van der Waals surface area contributed by atoms with Crippen molar-refractivity contribution in [2.45, 2.75) is 89.3 Å². The van der Waals surface area contributed by atoms with Crippen LogP contribution in [0.1, 0.15) is 70.3 Å². The van der Waals surface area contributed by atoms with Gasteiger partial charge >= 0.3 is 5.97 Å². The molecule has 10 heteroatoms. The van der Waals surface area contributed by atoms with Crippen LogP contribution in [0, 0.1) is 0 Å². The van der Waals surface area contributed by atoms with Crippen LogP contribution in [-0.4, -0.2) is 61.0 Å². The Labute approximate surface area is 249 Å². The van der Waals surface area contributed by atoms with Crippen LogP contribution in [0.25, 0.3) is 0 Å². The molecule has 0 aliphatic rings. The van der Waals surface area contributed by atoms with Crippen LogP contribution in [-0.2, 0) is 25.5 Å². The van der Waals surface area contributed by atoms with E-state index in [-0.39, 0.29) is 43.8 Å². The number of halogens is 2. The van der Waals surface area contributed by atoms with Crippen molar-refractivity contribution in [1.82, 2.24) is 10.2 Å². The number of carbonyl (C=O) groups is 3. The standard InChI is InChI=1S/C32H48F2N4O4/c1-5-6-7-8-12-16-30(40)42-31(28(36)20-25-14-10-9-11-15-25)32(41)38(4)18-13-17-37-29(39)22-27(35)21-26(24(3)34)19-23(2)33/h9-11,14-15,19,27-28,31H,2-3,5-8,12-13,16-18,20-22,35-36H2,1,4H3,(H,37,39)/b26-19-. The molecule has 1 aromatic rings. The lowest BCUT2D eigenvalue weighted by atomic mass is 10.0. The van der Waals surface area contributed by atoms with E-state index in [0.29, 0.717) is 19.3 Å². The number of likely N-dealkylation sites (N-methyl/N-ethyl adjacent to an activating group) is 1. The van der Waals surface area contributed by atoms with Gasteiger partial charge in [-0.05, 0) is 42.9 Å². The Hall–Kier alpha value is -3.37. The van der Waals surface area contributed by atoms with Crippen molar-refractivity contribution in [3.63, 3.8) is 0 Å². The summed E-state index contributed by atoms with van der Waals surface area (Å²) in [5, 5.41) is 2.71. The Morgan fingerprint density at radius 1 is 1.02 bits per heavy atom. The summed E-state index contributed by atoms with van der Waals surface area (Å²) in [6, 6.07) is 7.96. The number of hydrogen-bond donors (Lipinski definition) is 3. The first-order valence-electron chi connectivity index (χ1n) is 14.6. The number of nitrogens with zero attached hydrogens (tertiary/aromatic N) is 1. The molecule has 3 unspecified atom stereocenters. The second-order valence-electron chi connectivity index (χ2n) is 10.6. The van der Waals surface area contributed by atoms with E-state index in [1.165, 1.54) is 4.90 Å². The van der Waals surface area contributed by atoms with E-state index in [1.54, 1.807) is 7.05 Å².